The zero-order valence-corrected chi connectivity index (χ0v) is 13.8. The van der Waals surface area contributed by atoms with E-state index < -0.39 is 0 Å². The summed E-state index contributed by atoms with van der Waals surface area (Å²) >= 11 is 0. The molecule has 122 valence electrons. The van der Waals surface area contributed by atoms with Crippen LogP contribution in [-0.2, 0) is 11.3 Å². The number of hydrogen-bond acceptors (Lipinski definition) is 5. The number of hydrogen-bond donors (Lipinski definition) is 2. The van der Waals surface area contributed by atoms with Crippen molar-refractivity contribution in [3.05, 3.63) is 23.9 Å². The summed E-state index contributed by atoms with van der Waals surface area (Å²) in [6.07, 6.45) is 1.83. The second-order valence-corrected chi connectivity index (χ2v) is 5.99. The summed E-state index contributed by atoms with van der Waals surface area (Å²) in [5.74, 6) is 1.05. The molecule has 2 rings (SSSR count). The first-order valence-electron chi connectivity index (χ1n) is 7.91. The molecule has 0 saturated carbocycles. The number of pyridine rings is 1. The monoisotopic (exact) mass is 305 g/mol. The minimum atomic E-state index is -0.0241. The van der Waals surface area contributed by atoms with Crippen molar-refractivity contribution in [1.82, 2.24) is 20.5 Å². The Morgan fingerprint density at radius 2 is 2.09 bits per heavy atom. The Labute approximate surface area is 132 Å². The summed E-state index contributed by atoms with van der Waals surface area (Å²) in [6, 6.07) is 4.04. The Bertz CT molecular complexity index is 485. The Morgan fingerprint density at radius 3 is 2.77 bits per heavy atom. The molecule has 1 atom stereocenters. The molecule has 1 fully saturated rings. The molecule has 1 saturated heterocycles. The van der Waals surface area contributed by atoms with Crippen LogP contribution in [-0.4, -0.2) is 62.6 Å². The lowest BCUT2D eigenvalue weighted by molar-refractivity contribution is -0.124. The van der Waals surface area contributed by atoms with Crippen LogP contribution in [0, 0.1) is 5.92 Å². The SMILES string of the molecule is CNCC(C)C(=O)NCc1ccnc(N2CCN(C)CC2)c1. The first kappa shape index (κ1) is 16.7. The molecule has 1 aliphatic rings. The second-order valence-electron chi connectivity index (χ2n) is 5.99. The van der Waals surface area contributed by atoms with Crippen LogP contribution in [0.3, 0.4) is 0 Å². The van der Waals surface area contributed by atoms with Crippen molar-refractivity contribution in [3.63, 3.8) is 0 Å². The third-order valence-corrected chi connectivity index (χ3v) is 4.06. The van der Waals surface area contributed by atoms with Crippen molar-refractivity contribution in [2.45, 2.75) is 13.5 Å². The van der Waals surface area contributed by atoms with E-state index in [1.54, 1.807) is 0 Å². The average molecular weight is 305 g/mol. The number of anilines is 1. The molecule has 0 bridgehead atoms. The van der Waals surface area contributed by atoms with Crippen molar-refractivity contribution in [1.29, 1.82) is 0 Å². The lowest BCUT2D eigenvalue weighted by Crippen LogP contribution is -2.44. The standard InChI is InChI=1S/C16H27N5O/c1-13(11-17-2)16(22)19-12-14-4-5-18-15(10-14)21-8-6-20(3)7-9-21/h4-5,10,13,17H,6-9,11-12H2,1-3H3,(H,19,22). The summed E-state index contributed by atoms with van der Waals surface area (Å²) in [7, 11) is 4.00. The zero-order valence-electron chi connectivity index (χ0n) is 13.8. The quantitative estimate of drug-likeness (QED) is 0.792. The van der Waals surface area contributed by atoms with E-state index in [4.69, 9.17) is 0 Å². The number of rotatable bonds is 6. The number of likely N-dealkylation sites (N-methyl/N-ethyl adjacent to an activating group) is 1. The third kappa shape index (κ3) is 4.68. The van der Waals surface area contributed by atoms with Gasteiger partial charge in [0.2, 0.25) is 5.91 Å². The Balaban J connectivity index is 1.90. The molecule has 0 radical (unpaired) electrons. The molecule has 6 nitrogen and oxygen atoms in total. The molecule has 0 aliphatic carbocycles. The van der Waals surface area contributed by atoms with Gasteiger partial charge in [0.25, 0.3) is 0 Å². The number of piperazine rings is 1. The Kier molecular flexibility index (Phi) is 6.15. The molecule has 22 heavy (non-hydrogen) atoms. The topological polar surface area (TPSA) is 60.5 Å². The van der Waals surface area contributed by atoms with Gasteiger partial charge >= 0.3 is 0 Å². The highest BCUT2D eigenvalue weighted by molar-refractivity contribution is 5.78. The fraction of sp³-hybridized carbons (Fsp3) is 0.625. The van der Waals surface area contributed by atoms with E-state index in [0.29, 0.717) is 13.1 Å². The summed E-state index contributed by atoms with van der Waals surface area (Å²) in [4.78, 5) is 21.0. The average Bonchev–Trinajstić information content (AvgIpc) is 2.54. The van der Waals surface area contributed by atoms with Gasteiger partial charge in [-0.2, -0.15) is 0 Å². The summed E-state index contributed by atoms with van der Waals surface area (Å²) in [5, 5.41) is 6.01. The number of nitrogens with one attached hydrogen (secondary N) is 2. The predicted octanol–water partition coefficient (Wildman–Crippen LogP) is 0.305. The highest BCUT2D eigenvalue weighted by Crippen LogP contribution is 2.14. The van der Waals surface area contributed by atoms with E-state index in [2.05, 4.69) is 38.5 Å². The second kappa shape index (κ2) is 8.10. The third-order valence-electron chi connectivity index (χ3n) is 4.06. The van der Waals surface area contributed by atoms with E-state index in [-0.39, 0.29) is 11.8 Å². The van der Waals surface area contributed by atoms with E-state index in [9.17, 15) is 4.79 Å². The normalized spacial score (nSPS) is 17.3. The molecule has 1 amide bonds. The van der Waals surface area contributed by atoms with Crippen LogP contribution in [0.1, 0.15) is 12.5 Å². The van der Waals surface area contributed by atoms with Crippen LogP contribution in [0.2, 0.25) is 0 Å². The number of nitrogens with zero attached hydrogens (tertiary/aromatic N) is 3. The fourth-order valence-corrected chi connectivity index (χ4v) is 2.54. The van der Waals surface area contributed by atoms with Crippen molar-refractivity contribution in [2.75, 3.05) is 51.7 Å². The maximum absolute atomic E-state index is 11.9. The molecule has 2 N–H and O–H groups in total. The van der Waals surface area contributed by atoms with Gasteiger partial charge in [0, 0.05) is 51.4 Å². The lowest BCUT2D eigenvalue weighted by Gasteiger charge is -2.33. The van der Waals surface area contributed by atoms with E-state index in [0.717, 1.165) is 37.6 Å². The van der Waals surface area contributed by atoms with Crippen LogP contribution < -0.4 is 15.5 Å². The summed E-state index contributed by atoms with van der Waals surface area (Å²) in [5.41, 5.74) is 1.09. The highest BCUT2D eigenvalue weighted by atomic mass is 16.1. The van der Waals surface area contributed by atoms with Crippen molar-refractivity contribution in [2.24, 2.45) is 5.92 Å². The number of aromatic nitrogens is 1. The van der Waals surface area contributed by atoms with Crippen LogP contribution in [0.5, 0.6) is 0 Å². The fourth-order valence-electron chi connectivity index (χ4n) is 2.54. The van der Waals surface area contributed by atoms with Gasteiger partial charge in [0.05, 0.1) is 0 Å². The number of carbonyl (C=O) groups excluding carboxylic acids is 1. The summed E-state index contributed by atoms with van der Waals surface area (Å²) < 4.78 is 0. The zero-order chi connectivity index (χ0) is 15.9. The van der Waals surface area contributed by atoms with Crippen LogP contribution in [0.4, 0.5) is 5.82 Å². The molecule has 0 aromatic carbocycles. The smallest absolute Gasteiger partial charge is 0.224 e. The Hall–Kier alpha value is -1.66. The van der Waals surface area contributed by atoms with Gasteiger partial charge in [-0.05, 0) is 31.8 Å². The number of amides is 1. The van der Waals surface area contributed by atoms with Crippen LogP contribution >= 0.6 is 0 Å². The first-order chi connectivity index (χ1) is 10.6. The molecule has 1 aromatic heterocycles. The van der Waals surface area contributed by atoms with E-state index in [1.807, 2.05) is 26.2 Å². The van der Waals surface area contributed by atoms with Gasteiger partial charge in [0.1, 0.15) is 5.82 Å². The van der Waals surface area contributed by atoms with Gasteiger partial charge in [-0.3, -0.25) is 4.79 Å². The molecule has 0 spiro atoms. The first-order valence-corrected chi connectivity index (χ1v) is 7.91. The van der Waals surface area contributed by atoms with E-state index >= 15 is 0 Å². The number of carbonyl (C=O) groups is 1. The molecular weight excluding hydrogens is 278 g/mol. The summed E-state index contributed by atoms with van der Waals surface area (Å²) in [6.45, 7) is 7.28. The maximum atomic E-state index is 11.9. The van der Waals surface area contributed by atoms with Gasteiger partial charge in [-0.25, -0.2) is 4.98 Å². The largest absolute Gasteiger partial charge is 0.354 e. The Morgan fingerprint density at radius 1 is 1.36 bits per heavy atom. The minimum absolute atomic E-state index is 0.0241. The minimum Gasteiger partial charge on any atom is -0.354 e. The molecule has 6 heteroatoms. The van der Waals surface area contributed by atoms with Gasteiger partial charge in [-0.1, -0.05) is 6.92 Å². The molecular formula is C16H27N5O. The van der Waals surface area contributed by atoms with Crippen LogP contribution in [0.25, 0.3) is 0 Å². The van der Waals surface area contributed by atoms with E-state index in [1.165, 1.54) is 0 Å². The molecule has 2 heterocycles. The maximum Gasteiger partial charge on any atom is 0.224 e. The molecule has 1 unspecified atom stereocenters. The van der Waals surface area contributed by atoms with Crippen molar-refractivity contribution >= 4 is 11.7 Å². The van der Waals surface area contributed by atoms with Crippen molar-refractivity contribution in [3.8, 4) is 0 Å². The molecule has 1 aromatic rings. The lowest BCUT2D eigenvalue weighted by atomic mass is 10.1. The van der Waals surface area contributed by atoms with Gasteiger partial charge < -0.3 is 20.4 Å². The van der Waals surface area contributed by atoms with Crippen molar-refractivity contribution < 1.29 is 4.79 Å². The highest BCUT2D eigenvalue weighted by Gasteiger charge is 2.16. The van der Waals surface area contributed by atoms with Crippen LogP contribution in [0.15, 0.2) is 18.3 Å². The predicted molar refractivity (Wildman–Crippen MR) is 88.9 cm³/mol. The molecule has 1 aliphatic heterocycles. The van der Waals surface area contributed by atoms with Gasteiger partial charge in [0.15, 0.2) is 0 Å². The van der Waals surface area contributed by atoms with Gasteiger partial charge in [-0.15, -0.1) is 0 Å².